The number of pyridine rings is 1. The summed E-state index contributed by atoms with van der Waals surface area (Å²) in [5.41, 5.74) is 1.66. The SMILES string of the molecule is CC(C)c1ccnc(N2CCN(C(C)(C)C)CC2)c1. The molecule has 1 aliphatic heterocycles. The van der Waals surface area contributed by atoms with Gasteiger partial charge in [0.05, 0.1) is 0 Å². The molecule has 0 unspecified atom stereocenters. The van der Waals surface area contributed by atoms with Gasteiger partial charge in [-0.1, -0.05) is 13.8 Å². The Morgan fingerprint density at radius 2 is 1.74 bits per heavy atom. The Balaban J connectivity index is 2.03. The molecule has 106 valence electrons. The Morgan fingerprint density at radius 3 is 2.26 bits per heavy atom. The lowest BCUT2D eigenvalue weighted by Crippen LogP contribution is -2.53. The monoisotopic (exact) mass is 261 g/mol. The van der Waals surface area contributed by atoms with Crippen LogP contribution in [0.3, 0.4) is 0 Å². The minimum Gasteiger partial charge on any atom is -0.354 e. The predicted molar refractivity (Wildman–Crippen MR) is 81.9 cm³/mol. The third kappa shape index (κ3) is 3.47. The van der Waals surface area contributed by atoms with Gasteiger partial charge >= 0.3 is 0 Å². The largest absolute Gasteiger partial charge is 0.354 e. The molecule has 1 aromatic heterocycles. The van der Waals surface area contributed by atoms with Gasteiger partial charge in [0.25, 0.3) is 0 Å². The first-order valence-corrected chi connectivity index (χ1v) is 7.34. The second kappa shape index (κ2) is 5.49. The van der Waals surface area contributed by atoms with Crippen molar-refractivity contribution < 1.29 is 0 Å². The zero-order valence-corrected chi connectivity index (χ0v) is 13.0. The summed E-state index contributed by atoms with van der Waals surface area (Å²) >= 11 is 0. The van der Waals surface area contributed by atoms with Crippen molar-refractivity contribution >= 4 is 5.82 Å². The van der Waals surface area contributed by atoms with Gasteiger partial charge in [0.2, 0.25) is 0 Å². The van der Waals surface area contributed by atoms with Crippen molar-refractivity contribution in [3.63, 3.8) is 0 Å². The molecule has 0 atom stereocenters. The maximum Gasteiger partial charge on any atom is 0.128 e. The fourth-order valence-corrected chi connectivity index (χ4v) is 2.57. The first-order chi connectivity index (χ1) is 8.88. The van der Waals surface area contributed by atoms with E-state index in [0.717, 1.165) is 32.0 Å². The van der Waals surface area contributed by atoms with Gasteiger partial charge in [-0.25, -0.2) is 4.98 Å². The Morgan fingerprint density at radius 1 is 1.11 bits per heavy atom. The van der Waals surface area contributed by atoms with Crippen LogP contribution in [0, 0.1) is 0 Å². The van der Waals surface area contributed by atoms with Crippen LogP contribution in [0.4, 0.5) is 5.82 Å². The van der Waals surface area contributed by atoms with Crippen molar-refractivity contribution in [3.8, 4) is 0 Å². The van der Waals surface area contributed by atoms with Crippen LogP contribution in [0.15, 0.2) is 18.3 Å². The van der Waals surface area contributed by atoms with Crippen LogP contribution in [0.25, 0.3) is 0 Å². The molecule has 0 radical (unpaired) electrons. The summed E-state index contributed by atoms with van der Waals surface area (Å²) in [5.74, 6) is 1.71. The molecule has 2 rings (SSSR count). The molecule has 0 spiro atoms. The molecular formula is C16H27N3. The molecule has 0 aliphatic carbocycles. The van der Waals surface area contributed by atoms with E-state index < -0.39 is 0 Å². The Hall–Kier alpha value is -1.09. The van der Waals surface area contributed by atoms with Crippen LogP contribution in [-0.4, -0.2) is 41.6 Å². The van der Waals surface area contributed by atoms with Gasteiger partial charge in [-0.3, -0.25) is 4.90 Å². The third-order valence-corrected chi connectivity index (χ3v) is 3.99. The molecule has 1 aromatic rings. The highest BCUT2D eigenvalue weighted by molar-refractivity contribution is 5.42. The van der Waals surface area contributed by atoms with Gasteiger partial charge in [-0.05, 0) is 44.4 Å². The Labute approximate surface area is 117 Å². The Kier molecular flexibility index (Phi) is 4.14. The average Bonchev–Trinajstić information content (AvgIpc) is 2.38. The quantitative estimate of drug-likeness (QED) is 0.815. The molecule has 1 fully saturated rings. The lowest BCUT2D eigenvalue weighted by Gasteiger charge is -2.42. The van der Waals surface area contributed by atoms with Crippen molar-refractivity contribution in [2.45, 2.75) is 46.1 Å². The average molecular weight is 261 g/mol. The lowest BCUT2D eigenvalue weighted by atomic mass is 10.0. The zero-order chi connectivity index (χ0) is 14.0. The number of aromatic nitrogens is 1. The van der Waals surface area contributed by atoms with Gasteiger partial charge < -0.3 is 4.90 Å². The van der Waals surface area contributed by atoms with Crippen LogP contribution in [0.1, 0.15) is 46.1 Å². The normalized spacial score (nSPS) is 18.1. The molecule has 19 heavy (non-hydrogen) atoms. The summed E-state index contributed by atoms with van der Waals surface area (Å²) in [4.78, 5) is 9.50. The molecule has 0 bridgehead atoms. The second-order valence-corrected chi connectivity index (χ2v) is 6.75. The van der Waals surface area contributed by atoms with E-state index in [0.29, 0.717) is 5.92 Å². The zero-order valence-electron chi connectivity index (χ0n) is 13.0. The van der Waals surface area contributed by atoms with Crippen LogP contribution in [0.5, 0.6) is 0 Å². The van der Waals surface area contributed by atoms with Crippen molar-refractivity contribution in [2.75, 3.05) is 31.1 Å². The Bertz CT molecular complexity index is 412. The molecule has 0 amide bonds. The van der Waals surface area contributed by atoms with Crippen LogP contribution < -0.4 is 4.90 Å². The molecule has 3 nitrogen and oxygen atoms in total. The van der Waals surface area contributed by atoms with Crippen molar-refractivity contribution in [1.29, 1.82) is 0 Å². The summed E-state index contributed by atoms with van der Waals surface area (Å²) in [6.45, 7) is 15.7. The maximum atomic E-state index is 4.54. The number of piperazine rings is 1. The number of hydrogen-bond acceptors (Lipinski definition) is 3. The van der Waals surface area contributed by atoms with Gasteiger partial charge in [-0.2, -0.15) is 0 Å². The molecule has 2 heterocycles. The molecule has 0 saturated carbocycles. The summed E-state index contributed by atoms with van der Waals surface area (Å²) in [6.07, 6.45) is 1.95. The van der Waals surface area contributed by atoms with E-state index in [9.17, 15) is 0 Å². The fourth-order valence-electron chi connectivity index (χ4n) is 2.57. The van der Waals surface area contributed by atoms with E-state index in [1.165, 1.54) is 5.56 Å². The molecule has 0 N–H and O–H groups in total. The standard InChI is InChI=1S/C16H27N3/c1-13(2)14-6-7-17-15(12-14)18-8-10-19(11-9-18)16(3,4)5/h6-7,12-13H,8-11H2,1-5H3. The maximum absolute atomic E-state index is 4.54. The predicted octanol–water partition coefficient (Wildman–Crippen LogP) is 3.13. The highest BCUT2D eigenvalue weighted by Crippen LogP contribution is 2.22. The van der Waals surface area contributed by atoms with Gasteiger partial charge in [0.1, 0.15) is 5.82 Å². The summed E-state index contributed by atoms with van der Waals surface area (Å²) in [5, 5.41) is 0. The highest BCUT2D eigenvalue weighted by Gasteiger charge is 2.26. The summed E-state index contributed by atoms with van der Waals surface area (Å²) in [7, 11) is 0. The topological polar surface area (TPSA) is 19.4 Å². The fraction of sp³-hybridized carbons (Fsp3) is 0.688. The van der Waals surface area contributed by atoms with Crippen molar-refractivity contribution in [1.82, 2.24) is 9.88 Å². The minimum absolute atomic E-state index is 0.277. The van der Waals surface area contributed by atoms with E-state index in [1.807, 2.05) is 6.20 Å². The van der Waals surface area contributed by atoms with Crippen LogP contribution in [-0.2, 0) is 0 Å². The van der Waals surface area contributed by atoms with Crippen molar-refractivity contribution in [3.05, 3.63) is 23.9 Å². The van der Waals surface area contributed by atoms with Crippen molar-refractivity contribution in [2.24, 2.45) is 0 Å². The van der Waals surface area contributed by atoms with Gasteiger partial charge in [0.15, 0.2) is 0 Å². The third-order valence-electron chi connectivity index (χ3n) is 3.99. The number of nitrogens with zero attached hydrogens (tertiary/aromatic N) is 3. The number of rotatable bonds is 2. The molecule has 1 aliphatic rings. The van der Waals surface area contributed by atoms with E-state index in [-0.39, 0.29) is 5.54 Å². The molecule has 0 aromatic carbocycles. The molecule has 1 saturated heterocycles. The van der Waals surface area contributed by atoms with E-state index >= 15 is 0 Å². The second-order valence-electron chi connectivity index (χ2n) is 6.75. The number of hydrogen-bond donors (Lipinski definition) is 0. The van der Waals surface area contributed by atoms with Gasteiger partial charge in [-0.15, -0.1) is 0 Å². The van der Waals surface area contributed by atoms with E-state index in [2.05, 4.69) is 61.5 Å². The first kappa shape index (κ1) is 14.3. The minimum atomic E-state index is 0.277. The smallest absolute Gasteiger partial charge is 0.128 e. The van der Waals surface area contributed by atoms with Crippen LogP contribution in [0.2, 0.25) is 0 Å². The number of anilines is 1. The first-order valence-electron chi connectivity index (χ1n) is 7.34. The summed E-state index contributed by atoms with van der Waals surface area (Å²) in [6, 6.07) is 4.37. The van der Waals surface area contributed by atoms with Crippen LogP contribution >= 0.6 is 0 Å². The molecule has 3 heteroatoms. The van der Waals surface area contributed by atoms with E-state index in [1.54, 1.807) is 0 Å². The molecular weight excluding hydrogens is 234 g/mol. The van der Waals surface area contributed by atoms with E-state index in [4.69, 9.17) is 0 Å². The van der Waals surface area contributed by atoms with Gasteiger partial charge in [0, 0.05) is 37.9 Å². The highest BCUT2D eigenvalue weighted by atomic mass is 15.3. The lowest BCUT2D eigenvalue weighted by molar-refractivity contribution is 0.128. The summed E-state index contributed by atoms with van der Waals surface area (Å²) < 4.78 is 0.